The maximum atomic E-state index is 10.2. The van der Waals surface area contributed by atoms with Crippen LogP contribution in [0.5, 0.6) is 0 Å². The summed E-state index contributed by atoms with van der Waals surface area (Å²) in [6.07, 6.45) is 5.65. The number of hydrogen-bond donors (Lipinski definition) is 0. The summed E-state index contributed by atoms with van der Waals surface area (Å²) < 4.78 is 1.67. The molecule has 0 saturated carbocycles. The van der Waals surface area contributed by atoms with Crippen LogP contribution in [0.2, 0.25) is 0 Å². The molecule has 5 nitrogen and oxygen atoms in total. The van der Waals surface area contributed by atoms with Gasteiger partial charge < -0.3 is 0 Å². The molecule has 2 rings (SSSR count). The second-order valence-electron chi connectivity index (χ2n) is 2.73. The summed E-state index contributed by atoms with van der Waals surface area (Å²) in [5.41, 5.74) is 0.757. The molecule has 0 bridgehead atoms. The average Bonchev–Trinajstić information content (AvgIpc) is 2.58. The van der Waals surface area contributed by atoms with Crippen molar-refractivity contribution < 1.29 is 4.79 Å². The molecule has 0 aliphatic rings. The minimum Gasteiger partial charge on any atom is -0.267 e. The molecule has 0 fully saturated rings. The maximum Gasteiger partial charge on any atom is 0.242 e. The van der Waals surface area contributed by atoms with Crippen LogP contribution in [-0.4, -0.2) is 20.4 Å². The van der Waals surface area contributed by atoms with Gasteiger partial charge in [-0.2, -0.15) is 0 Å². The number of carbonyl (C=O) groups excluding carboxylic acids is 1. The van der Waals surface area contributed by atoms with Crippen LogP contribution in [0.3, 0.4) is 0 Å². The van der Waals surface area contributed by atoms with Crippen LogP contribution in [0.1, 0.15) is 12.6 Å². The van der Waals surface area contributed by atoms with Gasteiger partial charge in [0.1, 0.15) is 0 Å². The number of isocyanates is 1. The highest BCUT2D eigenvalue weighted by atomic mass is 16.1. The Morgan fingerprint density at radius 2 is 2.50 bits per heavy atom. The fraction of sp³-hybridized carbons (Fsp3) is 0.222. The molecule has 0 saturated heterocycles. The molecule has 14 heavy (non-hydrogen) atoms. The zero-order chi connectivity index (χ0) is 9.97. The molecule has 0 aromatic carbocycles. The standard InChI is InChI=1S/C9H8N4O/c1-2-7-8(11-6-14)13-5-3-4-10-9(13)12-7/h3-5H,2H2,1H3. The predicted octanol–water partition coefficient (Wildman–Crippen LogP) is 1.26. The summed E-state index contributed by atoms with van der Waals surface area (Å²) in [5.74, 6) is 1.07. The molecule has 5 heteroatoms. The van der Waals surface area contributed by atoms with E-state index in [0.29, 0.717) is 18.0 Å². The van der Waals surface area contributed by atoms with Crippen LogP contribution in [-0.2, 0) is 11.2 Å². The van der Waals surface area contributed by atoms with Crippen molar-refractivity contribution in [2.24, 2.45) is 4.99 Å². The van der Waals surface area contributed by atoms with E-state index in [1.54, 1.807) is 22.9 Å². The van der Waals surface area contributed by atoms with Gasteiger partial charge in [-0.1, -0.05) is 6.92 Å². The van der Waals surface area contributed by atoms with Crippen molar-refractivity contribution in [2.45, 2.75) is 13.3 Å². The number of imidazole rings is 1. The summed E-state index contributed by atoms with van der Waals surface area (Å²) in [4.78, 5) is 22.1. The lowest BCUT2D eigenvalue weighted by molar-refractivity contribution is 0.565. The second kappa shape index (κ2) is 3.40. The lowest BCUT2D eigenvalue weighted by Crippen LogP contribution is -1.84. The zero-order valence-corrected chi connectivity index (χ0v) is 7.64. The van der Waals surface area contributed by atoms with Crippen LogP contribution in [0.4, 0.5) is 5.82 Å². The van der Waals surface area contributed by atoms with Gasteiger partial charge in [-0.3, -0.25) is 4.40 Å². The smallest absolute Gasteiger partial charge is 0.242 e. The van der Waals surface area contributed by atoms with Crippen molar-refractivity contribution >= 4 is 17.7 Å². The Morgan fingerprint density at radius 3 is 3.21 bits per heavy atom. The molecule has 0 N–H and O–H groups in total. The van der Waals surface area contributed by atoms with E-state index in [2.05, 4.69) is 15.0 Å². The number of nitrogens with zero attached hydrogens (tertiary/aromatic N) is 4. The highest BCUT2D eigenvalue weighted by Gasteiger charge is 2.09. The van der Waals surface area contributed by atoms with E-state index in [9.17, 15) is 4.79 Å². The molecule has 70 valence electrons. The SMILES string of the molecule is CCc1nc2ncccn2c1N=C=O. The van der Waals surface area contributed by atoms with Gasteiger partial charge in [0, 0.05) is 12.4 Å². The number of hydrogen-bond acceptors (Lipinski definition) is 4. The lowest BCUT2D eigenvalue weighted by atomic mass is 10.3. The van der Waals surface area contributed by atoms with Gasteiger partial charge in [-0.25, -0.2) is 14.8 Å². The van der Waals surface area contributed by atoms with E-state index in [-0.39, 0.29) is 0 Å². The number of fused-ring (bicyclic) bond motifs is 1. The van der Waals surface area contributed by atoms with E-state index in [4.69, 9.17) is 0 Å². The van der Waals surface area contributed by atoms with Crippen LogP contribution in [0, 0.1) is 0 Å². The maximum absolute atomic E-state index is 10.2. The molecule has 2 aromatic heterocycles. The van der Waals surface area contributed by atoms with Gasteiger partial charge in [0.2, 0.25) is 11.9 Å². The quantitative estimate of drug-likeness (QED) is 0.526. The monoisotopic (exact) mass is 188 g/mol. The van der Waals surface area contributed by atoms with Crippen molar-refractivity contribution in [1.29, 1.82) is 0 Å². The molecular formula is C9H8N4O. The Morgan fingerprint density at radius 1 is 1.64 bits per heavy atom. The van der Waals surface area contributed by atoms with Crippen LogP contribution >= 0.6 is 0 Å². The molecule has 0 radical (unpaired) electrons. The Kier molecular flexibility index (Phi) is 2.08. The minimum absolute atomic E-state index is 0.519. The first kappa shape index (κ1) is 8.59. The number of aromatic nitrogens is 3. The highest BCUT2D eigenvalue weighted by molar-refractivity contribution is 5.53. The average molecular weight is 188 g/mol. The largest absolute Gasteiger partial charge is 0.267 e. The summed E-state index contributed by atoms with van der Waals surface area (Å²) in [7, 11) is 0. The summed E-state index contributed by atoms with van der Waals surface area (Å²) in [6, 6.07) is 1.76. The van der Waals surface area contributed by atoms with Crippen LogP contribution in [0.25, 0.3) is 5.78 Å². The second-order valence-corrected chi connectivity index (χ2v) is 2.73. The number of rotatable bonds is 2. The van der Waals surface area contributed by atoms with Crippen molar-refractivity contribution in [1.82, 2.24) is 14.4 Å². The van der Waals surface area contributed by atoms with Gasteiger partial charge in [0.05, 0.1) is 5.69 Å². The molecule has 0 unspecified atom stereocenters. The Labute approximate surface area is 80.1 Å². The fourth-order valence-electron chi connectivity index (χ4n) is 1.32. The van der Waals surface area contributed by atoms with Crippen molar-refractivity contribution in [3.05, 3.63) is 24.2 Å². The van der Waals surface area contributed by atoms with E-state index in [1.165, 1.54) is 6.08 Å². The molecular weight excluding hydrogens is 180 g/mol. The van der Waals surface area contributed by atoms with Gasteiger partial charge in [-0.15, -0.1) is 4.99 Å². The van der Waals surface area contributed by atoms with Crippen molar-refractivity contribution in [2.75, 3.05) is 0 Å². The molecule has 0 amide bonds. The van der Waals surface area contributed by atoms with E-state index < -0.39 is 0 Å². The summed E-state index contributed by atoms with van der Waals surface area (Å²) in [6.45, 7) is 1.95. The van der Waals surface area contributed by atoms with E-state index in [0.717, 1.165) is 5.69 Å². The van der Waals surface area contributed by atoms with Crippen LogP contribution in [0.15, 0.2) is 23.5 Å². The predicted molar refractivity (Wildman–Crippen MR) is 50.1 cm³/mol. The zero-order valence-electron chi connectivity index (χ0n) is 7.64. The molecule has 0 aliphatic carbocycles. The third-order valence-electron chi connectivity index (χ3n) is 1.93. The highest BCUT2D eigenvalue weighted by Crippen LogP contribution is 2.19. The minimum atomic E-state index is 0.519. The normalized spacial score (nSPS) is 10.1. The Balaban J connectivity index is 2.80. The third-order valence-corrected chi connectivity index (χ3v) is 1.93. The first-order valence-electron chi connectivity index (χ1n) is 4.26. The Bertz CT molecular complexity index is 511. The first-order chi connectivity index (χ1) is 6.86. The third kappa shape index (κ3) is 1.20. The molecule has 2 heterocycles. The van der Waals surface area contributed by atoms with Gasteiger partial charge in [0.25, 0.3) is 0 Å². The number of aliphatic imine (C=N–C) groups is 1. The van der Waals surface area contributed by atoms with E-state index in [1.807, 2.05) is 6.92 Å². The molecule has 2 aromatic rings. The Hall–Kier alpha value is -2.00. The van der Waals surface area contributed by atoms with Gasteiger partial charge in [-0.05, 0) is 12.5 Å². The lowest BCUT2D eigenvalue weighted by Gasteiger charge is -1.92. The van der Waals surface area contributed by atoms with Crippen molar-refractivity contribution in [3.8, 4) is 0 Å². The number of aryl methyl sites for hydroxylation is 1. The van der Waals surface area contributed by atoms with Gasteiger partial charge in [0.15, 0.2) is 5.82 Å². The van der Waals surface area contributed by atoms with Gasteiger partial charge >= 0.3 is 0 Å². The van der Waals surface area contributed by atoms with Crippen LogP contribution < -0.4 is 0 Å². The summed E-state index contributed by atoms with van der Waals surface area (Å²) >= 11 is 0. The molecule has 0 spiro atoms. The van der Waals surface area contributed by atoms with Crippen molar-refractivity contribution in [3.63, 3.8) is 0 Å². The molecule has 0 aliphatic heterocycles. The van der Waals surface area contributed by atoms with E-state index >= 15 is 0 Å². The fourth-order valence-corrected chi connectivity index (χ4v) is 1.32. The summed E-state index contributed by atoms with van der Waals surface area (Å²) in [5, 5.41) is 0. The topological polar surface area (TPSA) is 59.6 Å². The molecule has 0 atom stereocenters. The first-order valence-corrected chi connectivity index (χ1v) is 4.26.